The molecule has 1 atom stereocenters. The number of carbonyl (C=O) groups excluding carboxylic acids is 1. The normalized spacial score (nSPS) is 11.4. The van der Waals surface area contributed by atoms with E-state index in [4.69, 9.17) is 4.74 Å². The number of nitrogens with one attached hydrogen (secondary N) is 1. The van der Waals surface area contributed by atoms with Crippen molar-refractivity contribution in [1.29, 1.82) is 5.26 Å². The molecule has 1 heterocycles. The van der Waals surface area contributed by atoms with Crippen LogP contribution in [0, 0.1) is 11.3 Å². The quantitative estimate of drug-likeness (QED) is 0.450. The summed E-state index contributed by atoms with van der Waals surface area (Å²) in [6.07, 6.45) is 1.72. The zero-order chi connectivity index (χ0) is 21.6. The van der Waals surface area contributed by atoms with E-state index < -0.39 is 0 Å². The largest absolute Gasteiger partial charge is 0.455 e. The zero-order valence-corrected chi connectivity index (χ0v) is 17.0. The van der Waals surface area contributed by atoms with Gasteiger partial charge in [0.15, 0.2) is 5.75 Å². The summed E-state index contributed by atoms with van der Waals surface area (Å²) in [5.74, 6) is 0.942. The maximum Gasteiger partial charge on any atom is 0.270 e. The lowest BCUT2D eigenvalue weighted by molar-refractivity contribution is 0.0932. The first-order valence-electron chi connectivity index (χ1n) is 9.97. The van der Waals surface area contributed by atoms with Crippen molar-refractivity contribution in [2.75, 3.05) is 0 Å². The van der Waals surface area contributed by atoms with Crippen LogP contribution in [0.4, 0.5) is 0 Å². The van der Waals surface area contributed by atoms with Crippen molar-refractivity contribution in [3.8, 4) is 23.3 Å². The maximum atomic E-state index is 13.2. The van der Waals surface area contributed by atoms with Crippen LogP contribution in [-0.2, 0) is 0 Å². The summed E-state index contributed by atoms with van der Waals surface area (Å²) in [4.78, 5) is 13.2. The van der Waals surface area contributed by atoms with Gasteiger partial charge in [-0.1, -0.05) is 60.7 Å². The van der Waals surface area contributed by atoms with Crippen molar-refractivity contribution in [3.63, 3.8) is 0 Å². The number of nitriles is 1. The number of amides is 1. The van der Waals surface area contributed by atoms with E-state index in [9.17, 15) is 10.1 Å². The van der Waals surface area contributed by atoms with E-state index in [1.807, 2.05) is 91.9 Å². The first-order chi connectivity index (χ1) is 15.2. The SMILES string of the molecule is C[C@H](NC(=O)c1c(C#N)ccn1-c1ccccc1Oc1ccccc1)c1ccccc1. The fourth-order valence-corrected chi connectivity index (χ4v) is 3.40. The van der Waals surface area contributed by atoms with Crippen molar-refractivity contribution in [2.24, 2.45) is 0 Å². The van der Waals surface area contributed by atoms with E-state index in [-0.39, 0.29) is 17.6 Å². The average molecular weight is 407 g/mol. The lowest BCUT2D eigenvalue weighted by atomic mass is 10.1. The third-order valence-corrected chi connectivity index (χ3v) is 4.96. The van der Waals surface area contributed by atoms with Crippen molar-refractivity contribution in [3.05, 3.63) is 114 Å². The van der Waals surface area contributed by atoms with E-state index in [1.54, 1.807) is 16.8 Å². The molecule has 31 heavy (non-hydrogen) atoms. The van der Waals surface area contributed by atoms with Crippen molar-refractivity contribution < 1.29 is 9.53 Å². The molecule has 0 saturated carbocycles. The second-order valence-corrected chi connectivity index (χ2v) is 7.05. The number of hydrogen-bond donors (Lipinski definition) is 1. The molecule has 4 aromatic rings. The molecule has 0 fully saturated rings. The van der Waals surface area contributed by atoms with Crippen molar-refractivity contribution in [1.82, 2.24) is 9.88 Å². The summed E-state index contributed by atoms with van der Waals surface area (Å²) in [6, 6.07) is 30.1. The molecule has 0 unspecified atom stereocenters. The minimum Gasteiger partial charge on any atom is -0.455 e. The van der Waals surface area contributed by atoms with Gasteiger partial charge in [0.05, 0.1) is 17.3 Å². The van der Waals surface area contributed by atoms with Gasteiger partial charge in [0.25, 0.3) is 5.91 Å². The summed E-state index contributed by atoms with van der Waals surface area (Å²) in [7, 11) is 0. The van der Waals surface area contributed by atoms with E-state index in [1.165, 1.54) is 0 Å². The second kappa shape index (κ2) is 9.02. The third kappa shape index (κ3) is 4.34. The number of nitrogens with zero attached hydrogens (tertiary/aromatic N) is 2. The van der Waals surface area contributed by atoms with Crippen LogP contribution < -0.4 is 10.1 Å². The second-order valence-electron chi connectivity index (χ2n) is 7.05. The van der Waals surface area contributed by atoms with Gasteiger partial charge in [-0.2, -0.15) is 5.26 Å². The Morgan fingerprint density at radius 3 is 2.29 bits per heavy atom. The fraction of sp³-hybridized carbons (Fsp3) is 0.0769. The molecule has 0 saturated heterocycles. The van der Waals surface area contributed by atoms with Gasteiger partial charge in [-0.25, -0.2) is 0 Å². The van der Waals surface area contributed by atoms with Crippen LogP contribution in [0.3, 0.4) is 0 Å². The van der Waals surface area contributed by atoms with E-state index >= 15 is 0 Å². The molecule has 5 nitrogen and oxygen atoms in total. The first kappa shape index (κ1) is 20.0. The Hall–Kier alpha value is -4.30. The molecule has 4 rings (SSSR count). The van der Waals surface area contributed by atoms with Crippen LogP contribution in [0.1, 0.15) is 34.6 Å². The molecule has 0 radical (unpaired) electrons. The molecule has 5 heteroatoms. The molecule has 0 spiro atoms. The number of benzene rings is 3. The highest BCUT2D eigenvalue weighted by Crippen LogP contribution is 2.30. The van der Waals surface area contributed by atoms with Gasteiger partial charge in [0, 0.05) is 6.20 Å². The molecular formula is C26H21N3O2. The first-order valence-corrected chi connectivity index (χ1v) is 9.97. The van der Waals surface area contributed by atoms with Gasteiger partial charge in [0.2, 0.25) is 0 Å². The molecular weight excluding hydrogens is 386 g/mol. The smallest absolute Gasteiger partial charge is 0.270 e. The Bertz CT molecular complexity index is 1220. The van der Waals surface area contributed by atoms with Gasteiger partial charge in [-0.05, 0) is 42.8 Å². The minimum absolute atomic E-state index is 0.209. The van der Waals surface area contributed by atoms with Gasteiger partial charge in [0.1, 0.15) is 17.5 Å². The Morgan fingerprint density at radius 1 is 0.935 bits per heavy atom. The number of ether oxygens (including phenoxy) is 1. The molecule has 3 aromatic carbocycles. The van der Waals surface area contributed by atoms with Crippen LogP contribution >= 0.6 is 0 Å². The van der Waals surface area contributed by atoms with Crippen LogP contribution in [0.2, 0.25) is 0 Å². The topological polar surface area (TPSA) is 67.0 Å². The molecule has 1 N–H and O–H groups in total. The van der Waals surface area contributed by atoms with Gasteiger partial charge >= 0.3 is 0 Å². The molecule has 0 aliphatic carbocycles. The molecule has 1 aromatic heterocycles. The Kier molecular flexibility index (Phi) is 5.82. The summed E-state index contributed by atoms with van der Waals surface area (Å²) in [5, 5.41) is 12.6. The number of hydrogen-bond acceptors (Lipinski definition) is 3. The highest BCUT2D eigenvalue weighted by molar-refractivity contribution is 5.96. The van der Waals surface area contributed by atoms with Crippen LogP contribution in [0.5, 0.6) is 11.5 Å². The van der Waals surface area contributed by atoms with Crippen molar-refractivity contribution >= 4 is 5.91 Å². The van der Waals surface area contributed by atoms with Crippen LogP contribution in [0.15, 0.2) is 97.2 Å². The standard InChI is InChI=1S/C26H21N3O2/c1-19(20-10-4-2-5-11-20)28-26(30)25-21(18-27)16-17-29(25)23-14-8-9-15-24(23)31-22-12-6-3-7-13-22/h2-17,19H,1H3,(H,28,30)/t19-/m0/s1. The van der Waals surface area contributed by atoms with Crippen LogP contribution in [0.25, 0.3) is 5.69 Å². The lowest BCUT2D eigenvalue weighted by Crippen LogP contribution is -2.29. The number of aromatic nitrogens is 1. The van der Waals surface area contributed by atoms with Crippen molar-refractivity contribution in [2.45, 2.75) is 13.0 Å². The number of rotatable bonds is 6. The number of para-hydroxylation sites is 3. The summed E-state index contributed by atoms with van der Waals surface area (Å²) < 4.78 is 7.75. The van der Waals surface area contributed by atoms with Gasteiger partial charge < -0.3 is 14.6 Å². The molecule has 1 amide bonds. The van der Waals surface area contributed by atoms with Gasteiger partial charge in [-0.3, -0.25) is 4.79 Å². The third-order valence-electron chi connectivity index (χ3n) is 4.96. The number of carbonyl (C=O) groups is 1. The molecule has 152 valence electrons. The lowest BCUT2D eigenvalue weighted by Gasteiger charge is -2.17. The monoisotopic (exact) mass is 407 g/mol. The Labute approximate surface area is 181 Å². The van der Waals surface area contributed by atoms with E-state index in [0.717, 1.165) is 5.56 Å². The predicted octanol–water partition coefficient (Wildman–Crippen LogP) is 5.63. The average Bonchev–Trinajstić information content (AvgIpc) is 3.25. The maximum absolute atomic E-state index is 13.2. The predicted molar refractivity (Wildman–Crippen MR) is 119 cm³/mol. The fourth-order valence-electron chi connectivity index (χ4n) is 3.40. The van der Waals surface area contributed by atoms with E-state index in [2.05, 4.69) is 11.4 Å². The summed E-state index contributed by atoms with van der Waals surface area (Å²) >= 11 is 0. The van der Waals surface area contributed by atoms with Crippen LogP contribution in [-0.4, -0.2) is 10.5 Å². The van der Waals surface area contributed by atoms with E-state index in [0.29, 0.717) is 22.7 Å². The Balaban J connectivity index is 1.69. The molecule has 0 bridgehead atoms. The Morgan fingerprint density at radius 2 is 1.58 bits per heavy atom. The minimum atomic E-state index is -0.326. The molecule has 0 aliphatic heterocycles. The zero-order valence-electron chi connectivity index (χ0n) is 17.0. The highest BCUT2D eigenvalue weighted by Gasteiger charge is 2.22. The summed E-state index contributed by atoms with van der Waals surface area (Å²) in [5.41, 5.74) is 2.23. The summed E-state index contributed by atoms with van der Waals surface area (Å²) in [6.45, 7) is 1.92. The van der Waals surface area contributed by atoms with Gasteiger partial charge in [-0.15, -0.1) is 0 Å². The molecule has 0 aliphatic rings. The highest BCUT2D eigenvalue weighted by atomic mass is 16.5.